The highest BCUT2D eigenvalue weighted by Gasteiger charge is 2.26. The van der Waals surface area contributed by atoms with Gasteiger partial charge in [0.25, 0.3) is 0 Å². The van der Waals surface area contributed by atoms with E-state index >= 15 is 0 Å². The maximum absolute atomic E-state index is 13.0. The largest absolute Gasteiger partial charge is 0.349 e. The van der Waals surface area contributed by atoms with Gasteiger partial charge in [-0.25, -0.2) is 9.18 Å². The van der Waals surface area contributed by atoms with Gasteiger partial charge in [0.15, 0.2) is 0 Å². The predicted octanol–water partition coefficient (Wildman–Crippen LogP) is 4.67. The summed E-state index contributed by atoms with van der Waals surface area (Å²) in [5.41, 5.74) is 3.48. The summed E-state index contributed by atoms with van der Waals surface area (Å²) in [4.78, 5) is 17.2. The highest BCUT2D eigenvalue weighted by molar-refractivity contribution is 7.98. The van der Waals surface area contributed by atoms with E-state index in [2.05, 4.69) is 4.98 Å². The summed E-state index contributed by atoms with van der Waals surface area (Å²) in [6, 6.07) is 6.90. The molecule has 1 fully saturated rings. The van der Waals surface area contributed by atoms with Crippen molar-refractivity contribution in [2.75, 3.05) is 0 Å². The minimum Gasteiger partial charge on any atom is -0.293 e. The van der Waals surface area contributed by atoms with E-state index in [1.807, 2.05) is 4.57 Å². The van der Waals surface area contributed by atoms with Crippen LogP contribution >= 0.6 is 11.8 Å². The van der Waals surface area contributed by atoms with Crippen LogP contribution in [0.25, 0.3) is 0 Å². The molecule has 3 nitrogen and oxygen atoms in total. The number of thioether (sulfide) groups is 1. The van der Waals surface area contributed by atoms with Crippen molar-refractivity contribution >= 4 is 11.8 Å². The lowest BCUT2D eigenvalue weighted by molar-refractivity contribution is 0.334. The van der Waals surface area contributed by atoms with E-state index in [4.69, 9.17) is 0 Å². The van der Waals surface area contributed by atoms with E-state index in [-0.39, 0.29) is 11.5 Å². The summed E-state index contributed by atoms with van der Waals surface area (Å²) in [6.07, 6.45) is 9.05. The van der Waals surface area contributed by atoms with Crippen molar-refractivity contribution in [2.45, 2.75) is 68.2 Å². The van der Waals surface area contributed by atoms with Gasteiger partial charge in [0, 0.05) is 23.1 Å². The van der Waals surface area contributed by atoms with Crippen molar-refractivity contribution in [3.63, 3.8) is 0 Å². The smallest absolute Gasteiger partial charge is 0.293 e. The molecule has 0 radical (unpaired) electrons. The lowest BCUT2D eigenvalue weighted by Gasteiger charge is -2.26. The molecule has 1 heterocycles. The molecule has 1 aromatic heterocycles. The number of fused-ring (bicyclic) bond motifs is 1. The first kappa shape index (κ1) is 16.8. The van der Waals surface area contributed by atoms with Crippen LogP contribution in [0, 0.1) is 5.82 Å². The van der Waals surface area contributed by atoms with Crippen LogP contribution in [0.4, 0.5) is 4.39 Å². The summed E-state index contributed by atoms with van der Waals surface area (Å²) in [5.74, 6) is 0.495. The van der Waals surface area contributed by atoms with Crippen molar-refractivity contribution in [2.24, 2.45) is 0 Å². The molecule has 25 heavy (non-hydrogen) atoms. The number of aromatic nitrogens is 2. The van der Waals surface area contributed by atoms with Gasteiger partial charge in [-0.05, 0) is 49.8 Å². The van der Waals surface area contributed by atoms with Gasteiger partial charge >= 0.3 is 5.69 Å². The topological polar surface area (TPSA) is 34.9 Å². The van der Waals surface area contributed by atoms with Gasteiger partial charge in [0.05, 0.1) is 0 Å². The molecule has 1 aromatic carbocycles. The predicted molar refractivity (Wildman–Crippen MR) is 98.6 cm³/mol. The molecule has 0 bridgehead atoms. The average molecular weight is 358 g/mol. The van der Waals surface area contributed by atoms with E-state index < -0.39 is 0 Å². The number of rotatable bonds is 4. The van der Waals surface area contributed by atoms with Gasteiger partial charge in [0.2, 0.25) is 0 Å². The second kappa shape index (κ2) is 7.32. The molecule has 0 spiro atoms. The minimum atomic E-state index is -0.220. The third-order valence-electron chi connectivity index (χ3n) is 5.37. The average Bonchev–Trinajstić information content (AvgIpc) is 3.11. The van der Waals surface area contributed by atoms with Gasteiger partial charge < -0.3 is 0 Å². The van der Waals surface area contributed by atoms with Crippen LogP contribution in [0.2, 0.25) is 0 Å². The summed E-state index contributed by atoms with van der Waals surface area (Å²) in [5, 5.41) is 0.883. The van der Waals surface area contributed by atoms with Crippen LogP contribution in [-0.2, 0) is 18.6 Å². The fraction of sp³-hybridized carbons (Fsp3) is 0.500. The third-order valence-corrected chi connectivity index (χ3v) is 6.46. The van der Waals surface area contributed by atoms with Crippen molar-refractivity contribution < 1.29 is 4.39 Å². The number of hydrogen-bond donors (Lipinski definition) is 0. The van der Waals surface area contributed by atoms with E-state index in [9.17, 15) is 9.18 Å². The second-order valence-electron chi connectivity index (χ2n) is 7.06. The first-order chi connectivity index (χ1) is 12.2. The molecular formula is C20H23FN2OS. The second-order valence-corrected chi connectivity index (χ2v) is 8.02. The molecule has 0 unspecified atom stereocenters. The highest BCUT2D eigenvalue weighted by Crippen LogP contribution is 2.35. The number of halogens is 1. The Hall–Kier alpha value is -1.62. The zero-order chi connectivity index (χ0) is 17.2. The van der Waals surface area contributed by atoms with Crippen LogP contribution in [0.1, 0.15) is 61.4 Å². The van der Waals surface area contributed by atoms with Gasteiger partial charge in [-0.15, -0.1) is 11.8 Å². The third kappa shape index (κ3) is 3.52. The van der Waals surface area contributed by atoms with Crippen LogP contribution in [0.5, 0.6) is 0 Å². The Morgan fingerprint density at radius 3 is 2.60 bits per heavy atom. The van der Waals surface area contributed by atoms with Gasteiger partial charge in [0.1, 0.15) is 10.8 Å². The molecule has 0 N–H and O–H groups in total. The van der Waals surface area contributed by atoms with Crippen LogP contribution in [-0.4, -0.2) is 9.55 Å². The SMILES string of the molecule is O=c1nc(SCc2ccc(F)cc2)c2c(n1C1CCCCC1)CCC2. The Balaban J connectivity index is 1.61. The van der Waals surface area contributed by atoms with Gasteiger partial charge in [-0.2, -0.15) is 4.98 Å². The molecule has 132 valence electrons. The highest BCUT2D eigenvalue weighted by atomic mass is 32.2. The molecule has 0 amide bonds. The Bertz CT molecular complexity index is 810. The Kier molecular flexibility index (Phi) is 4.93. The maximum atomic E-state index is 13.0. The fourth-order valence-corrected chi connectivity index (χ4v) is 5.15. The molecule has 2 aromatic rings. The quantitative estimate of drug-likeness (QED) is 0.588. The molecule has 5 heteroatoms. The molecule has 2 aliphatic carbocycles. The van der Waals surface area contributed by atoms with Gasteiger partial charge in [-0.3, -0.25) is 4.57 Å². The Morgan fingerprint density at radius 1 is 1.08 bits per heavy atom. The van der Waals surface area contributed by atoms with Crippen LogP contribution in [0.3, 0.4) is 0 Å². The lowest BCUT2D eigenvalue weighted by atomic mass is 9.95. The van der Waals surface area contributed by atoms with Gasteiger partial charge in [-0.1, -0.05) is 31.4 Å². The number of hydrogen-bond acceptors (Lipinski definition) is 3. The Labute approximate surface area is 151 Å². The van der Waals surface area contributed by atoms with Crippen LogP contribution in [0.15, 0.2) is 34.1 Å². The first-order valence-corrected chi connectivity index (χ1v) is 10.2. The summed E-state index contributed by atoms with van der Waals surface area (Å²) in [6.45, 7) is 0. The monoisotopic (exact) mass is 358 g/mol. The van der Waals surface area contributed by atoms with Crippen molar-refractivity contribution in [3.8, 4) is 0 Å². The normalized spacial score (nSPS) is 17.6. The van der Waals surface area contributed by atoms with Crippen molar-refractivity contribution in [3.05, 3.63) is 57.4 Å². The molecule has 0 saturated heterocycles. The minimum absolute atomic E-state index is 0.0749. The molecule has 0 atom stereocenters. The standard InChI is InChI=1S/C20H23FN2OS/c21-15-11-9-14(10-12-15)13-25-19-17-7-4-8-18(17)23(20(24)22-19)16-5-2-1-3-6-16/h9-12,16H,1-8,13H2. The number of nitrogens with zero attached hydrogens (tertiary/aromatic N) is 2. The zero-order valence-electron chi connectivity index (χ0n) is 14.3. The lowest BCUT2D eigenvalue weighted by Crippen LogP contribution is -2.31. The summed E-state index contributed by atoms with van der Waals surface area (Å²) < 4.78 is 15.1. The molecule has 1 saturated carbocycles. The molecular weight excluding hydrogens is 335 g/mol. The molecule has 2 aliphatic rings. The van der Waals surface area contributed by atoms with E-state index in [1.165, 1.54) is 42.7 Å². The van der Waals surface area contributed by atoms with Crippen molar-refractivity contribution in [1.82, 2.24) is 9.55 Å². The van der Waals surface area contributed by atoms with Crippen molar-refractivity contribution in [1.29, 1.82) is 0 Å². The van der Waals surface area contributed by atoms with E-state index in [1.54, 1.807) is 23.9 Å². The molecule has 0 aliphatic heterocycles. The summed E-state index contributed by atoms with van der Waals surface area (Å²) >= 11 is 1.61. The van der Waals surface area contributed by atoms with Crippen LogP contribution < -0.4 is 5.69 Å². The molecule has 4 rings (SSSR count). The maximum Gasteiger partial charge on any atom is 0.349 e. The first-order valence-electron chi connectivity index (χ1n) is 9.24. The Morgan fingerprint density at radius 2 is 1.84 bits per heavy atom. The van der Waals surface area contributed by atoms with E-state index in [0.717, 1.165) is 42.7 Å². The number of benzene rings is 1. The van der Waals surface area contributed by atoms with E-state index in [0.29, 0.717) is 11.8 Å². The summed E-state index contributed by atoms with van der Waals surface area (Å²) in [7, 11) is 0. The fourth-order valence-electron chi connectivity index (χ4n) is 4.12. The zero-order valence-corrected chi connectivity index (χ0v) is 15.2.